The Balaban J connectivity index is 1.62. The molecule has 168 valence electrons. The molecule has 0 unspecified atom stereocenters. The van der Waals surface area contributed by atoms with E-state index in [1.54, 1.807) is 66.4 Å². The molecule has 1 saturated heterocycles. The van der Waals surface area contributed by atoms with Crippen LogP contribution in [0.3, 0.4) is 0 Å². The number of benzene rings is 3. The Morgan fingerprint density at radius 1 is 1.09 bits per heavy atom. The molecule has 2 aliphatic rings. The number of carbonyl (C=O) groups is 1. The largest absolute Gasteiger partial charge is 0.467 e. The van der Waals surface area contributed by atoms with E-state index < -0.39 is 17.7 Å². The van der Waals surface area contributed by atoms with E-state index in [4.69, 9.17) is 40.2 Å². The van der Waals surface area contributed by atoms with Gasteiger partial charge in [0.15, 0.2) is 10.8 Å². The molecule has 33 heavy (non-hydrogen) atoms. The third kappa shape index (κ3) is 3.80. The second-order valence-corrected chi connectivity index (χ2v) is 9.31. The first-order chi connectivity index (χ1) is 15.8. The van der Waals surface area contributed by atoms with Crippen molar-refractivity contribution >= 4 is 57.8 Å². The van der Waals surface area contributed by atoms with Gasteiger partial charge in [0.25, 0.3) is 0 Å². The minimum atomic E-state index is -1.21. The lowest BCUT2D eigenvalue weighted by Gasteiger charge is -2.56. The number of carbonyl (C=O) groups excluding carboxylic acids is 1. The molecule has 0 aromatic heterocycles. The van der Waals surface area contributed by atoms with Crippen molar-refractivity contribution < 1.29 is 13.9 Å². The van der Waals surface area contributed by atoms with Crippen molar-refractivity contribution in [2.24, 2.45) is 5.92 Å². The van der Waals surface area contributed by atoms with Crippen molar-refractivity contribution in [1.29, 1.82) is 0 Å². The van der Waals surface area contributed by atoms with Crippen LogP contribution in [0.25, 0.3) is 0 Å². The average Bonchev–Trinajstić information content (AvgIpc) is 2.77. The topological polar surface area (TPSA) is 53.6 Å². The SMILES string of the molecule is C[C@]12Oc3ccc(Cl)cc3[C@@H](NC(=S)N1c1ccc(F)cc1)[C@@H]2C(=O)Nc1ccc(Cl)cc1. The fourth-order valence-corrected chi connectivity index (χ4v) is 5.21. The zero-order valence-electron chi connectivity index (χ0n) is 17.3. The van der Waals surface area contributed by atoms with E-state index in [9.17, 15) is 9.18 Å². The third-order valence-electron chi connectivity index (χ3n) is 5.94. The predicted octanol–water partition coefficient (Wildman–Crippen LogP) is 5.93. The molecule has 1 fully saturated rings. The Morgan fingerprint density at radius 3 is 2.45 bits per heavy atom. The van der Waals surface area contributed by atoms with Gasteiger partial charge in [-0.05, 0) is 85.9 Å². The Kier molecular flexibility index (Phi) is 5.43. The van der Waals surface area contributed by atoms with Gasteiger partial charge in [0.1, 0.15) is 17.5 Å². The maximum Gasteiger partial charge on any atom is 0.236 e. The lowest BCUT2D eigenvalue weighted by molar-refractivity contribution is -0.130. The number of hydrogen-bond acceptors (Lipinski definition) is 3. The number of thiocarbonyl (C=S) groups is 1. The summed E-state index contributed by atoms with van der Waals surface area (Å²) in [6.07, 6.45) is 0. The van der Waals surface area contributed by atoms with Crippen molar-refractivity contribution in [3.05, 3.63) is 88.2 Å². The molecule has 3 aromatic rings. The first kappa shape index (κ1) is 21.9. The summed E-state index contributed by atoms with van der Waals surface area (Å²) < 4.78 is 20.1. The molecule has 0 aliphatic carbocycles. The smallest absolute Gasteiger partial charge is 0.236 e. The van der Waals surface area contributed by atoms with Gasteiger partial charge in [0.2, 0.25) is 5.91 Å². The van der Waals surface area contributed by atoms with Gasteiger partial charge in [-0.3, -0.25) is 9.69 Å². The number of ether oxygens (including phenoxy) is 1. The van der Waals surface area contributed by atoms with E-state index in [1.165, 1.54) is 12.1 Å². The first-order valence-electron chi connectivity index (χ1n) is 10.2. The maximum atomic E-state index is 13.7. The van der Waals surface area contributed by atoms with E-state index in [0.717, 1.165) is 5.56 Å². The van der Waals surface area contributed by atoms with Crippen molar-refractivity contribution in [3.8, 4) is 5.75 Å². The van der Waals surface area contributed by atoms with Crippen LogP contribution in [0.15, 0.2) is 66.7 Å². The molecular formula is C24H18Cl2FN3O2S. The Bertz CT molecular complexity index is 1260. The highest BCUT2D eigenvalue weighted by Gasteiger charge is 2.59. The molecule has 0 spiro atoms. The number of hydrogen-bond donors (Lipinski definition) is 2. The van der Waals surface area contributed by atoms with Crippen molar-refractivity contribution in [3.63, 3.8) is 0 Å². The van der Waals surface area contributed by atoms with Gasteiger partial charge in [-0.15, -0.1) is 0 Å². The summed E-state index contributed by atoms with van der Waals surface area (Å²) in [4.78, 5) is 15.4. The molecular weight excluding hydrogens is 484 g/mol. The number of amides is 1. The predicted molar refractivity (Wildman–Crippen MR) is 131 cm³/mol. The summed E-state index contributed by atoms with van der Waals surface area (Å²) in [5.74, 6) is -0.808. The number of nitrogens with zero attached hydrogens (tertiary/aromatic N) is 1. The molecule has 9 heteroatoms. The van der Waals surface area contributed by atoms with E-state index in [1.807, 2.05) is 0 Å². The summed E-state index contributed by atoms with van der Waals surface area (Å²) in [5, 5.41) is 7.68. The van der Waals surface area contributed by atoms with Crippen LogP contribution in [0.2, 0.25) is 10.0 Å². The van der Waals surface area contributed by atoms with E-state index in [-0.39, 0.29) is 11.7 Å². The Hall–Kier alpha value is -2.87. The Labute approximate surface area is 205 Å². The standard InChI is InChI=1S/C24H18Cl2FN3O2S/c1-24-20(22(31)28-16-7-2-13(25)3-8-16)21(18-12-14(26)4-11-19(18)32-24)29-23(33)30(24)17-9-5-15(27)6-10-17/h2-12,20-21H,1H3,(H,28,31)(H,29,33)/t20-,21-,24-/m1/s1. The Morgan fingerprint density at radius 2 is 1.76 bits per heavy atom. The van der Waals surface area contributed by atoms with Gasteiger partial charge in [0, 0.05) is 27.0 Å². The quantitative estimate of drug-likeness (QED) is 0.435. The summed E-state index contributed by atoms with van der Waals surface area (Å²) in [7, 11) is 0. The van der Waals surface area contributed by atoms with Crippen LogP contribution in [0, 0.1) is 11.7 Å². The van der Waals surface area contributed by atoms with Crippen LogP contribution in [-0.2, 0) is 4.79 Å². The molecule has 1 amide bonds. The van der Waals surface area contributed by atoms with Gasteiger partial charge < -0.3 is 15.4 Å². The third-order valence-corrected chi connectivity index (χ3v) is 6.73. The molecule has 2 N–H and O–H groups in total. The summed E-state index contributed by atoms with van der Waals surface area (Å²) in [6.45, 7) is 1.81. The van der Waals surface area contributed by atoms with Crippen molar-refractivity contribution in [2.75, 3.05) is 10.2 Å². The molecule has 2 bridgehead atoms. The van der Waals surface area contributed by atoms with Gasteiger partial charge in [-0.2, -0.15) is 0 Å². The number of nitrogens with one attached hydrogen (secondary N) is 2. The normalized spacial score (nSPS) is 23.3. The van der Waals surface area contributed by atoms with Gasteiger partial charge in [-0.25, -0.2) is 4.39 Å². The van der Waals surface area contributed by atoms with Crippen LogP contribution in [-0.4, -0.2) is 16.7 Å². The van der Waals surface area contributed by atoms with E-state index in [2.05, 4.69) is 10.6 Å². The highest BCUT2D eigenvalue weighted by molar-refractivity contribution is 7.80. The minimum Gasteiger partial charge on any atom is -0.467 e. The number of anilines is 2. The monoisotopic (exact) mass is 501 g/mol. The second-order valence-electron chi connectivity index (χ2n) is 8.05. The number of rotatable bonds is 3. The molecule has 2 aliphatic heterocycles. The van der Waals surface area contributed by atoms with Crippen LogP contribution in [0.4, 0.5) is 15.8 Å². The maximum absolute atomic E-state index is 13.7. The van der Waals surface area contributed by atoms with Gasteiger partial charge >= 0.3 is 0 Å². The molecule has 5 nitrogen and oxygen atoms in total. The summed E-state index contributed by atoms with van der Waals surface area (Å²) in [6, 6.07) is 17.5. The number of halogens is 3. The molecule has 2 heterocycles. The molecule has 0 saturated carbocycles. The van der Waals surface area contributed by atoms with Gasteiger partial charge in [0.05, 0.1) is 6.04 Å². The fraction of sp³-hybridized carbons (Fsp3) is 0.167. The van der Waals surface area contributed by atoms with Gasteiger partial charge in [-0.1, -0.05) is 23.2 Å². The van der Waals surface area contributed by atoms with Crippen molar-refractivity contribution in [2.45, 2.75) is 18.7 Å². The van der Waals surface area contributed by atoms with Crippen LogP contribution in [0.5, 0.6) is 5.75 Å². The molecule has 3 aromatic carbocycles. The highest BCUT2D eigenvalue weighted by Crippen LogP contribution is 2.50. The molecule has 3 atom stereocenters. The fourth-order valence-electron chi connectivity index (χ4n) is 4.49. The highest BCUT2D eigenvalue weighted by atomic mass is 35.5. The minimum absolute atomic E-state index is 0.280. The summed E-state index contributed by atoms with van der Waals surface area (Å²) in [5.41, 5.74) is 0.718. The van der Waals surface area contributed by atoms with E-state index >= 15 is 0 Å². The second kappa shape index (κ2) is 8.17. The summed E-state index contributed by atoms with van der Waals surface area (Å²) >= 11 is 17.9. The van der Waals surface area contributed by atoms with Crippen molar-refractivity contribution in [1.82, 2.24) is 5.32 Å². The van der Waals surface area contributed by atoms with Crippen LogP contribution in [0.1, 0.15) is 18.5 Å². The number of fused-ring (bicyclic) bond motifs is 4. The molecule has 0 radical (unpaired) electrons. The average molecular weight is 502 g/mol. The zero-order chi connectivity index (χ0) is 23.3. The first-order valence-corrected chi connectivity index (χ1v) is 11.3. The lowest BCUT2D eigenvalue weighted by Crippen LogP contribution is -2.72. The zero-order valence-corrected chi connectivity index (χ0v) is 19.6. The van der Waals surface area contributed by atoms with E-state index in [0.29, 0.717) is 32.3 Å². The molecule has 5 rings (SSSR count). The van der Waals surface area contributed by atoms with Crippen LogP contribution >= 0.6 is 35.4 Å². The lowest BCUT2D eigenvalue weighted by atomic mass is 9.78. The van der Waals surface area contributed by atoms with Crippen LogP contribution < -0.4 is 20.3 Å².